The van der Waals surface area contributed by atoms with Crippen molar-refractivity contribution in [3.05, 3.63) is 59.3 Å². The van der Waals surface area contributed by atoms with E-state index in [9.17, 15) is 9.18 Å². The van der Waals surface area contributed by atoms with Gasteiger partial charge in [-0.25, -0.2) is 4.39 Å². The number of furan rings is 1. The molecule has 2 aromatic rings. The van der Waals surface area contributed by atoms with Crippen LogP contribution in [0.4, 0.5) is 10.1 Å². The van der Waals surface area contributed by atoms with E-state index in [1.54, 1.807) is 19.1 Å². The van der Waals surface area contributed by atoms with E-state index in [1.165, 1.54) is 24.6 Å². The van der Waals surface area contributed by atoms with E-state index in [0.29, 0.717) is 28.8 Å². The van der Waals surface area contributed by atoms with E-state index >= 15 is 0 Å². The highest BCUT2D eigenvalue weighted by Crippen LogP contribution is 2.47. The van der Waals surface area contributed by atoms with Crippen molar-refractivity contribution in [2.45, 2.75) is 26.2 Å². The third kappa shape index (κ3) is 3.27. The summed E-state index contributed by atoms with van der Waals surface area (Å²) in [6.45, 7) is 3.94. The van der Waals surface area contributed by atoms with Gasteiger partial charge in [0.05, 0.1) is 0 Å². The standard InChI is InChI=1S/C18H18FNO2/c1-11-10-15(11)17-7-4-14(22-17)5-8-18(21)20-16-6-3-13(19)9-12(16)2/h3-9,11,15H,10H2,1-2H3,(H,20,21)/b8-5+. The van der Waals surface area contributed by atoms with Crippen LogP contribution in [0.15, 0.2) is 40.8 Å². The third-order valence-corrected chi connectivity index (χ3v) is 3.97. The molecule has 4 heteroatoms. The highest BCUT2D eigenvalue weighted by Gasteiger charge is 2.36. The van der Waals surface area contributed by atoms with E-state index in [-0.39, 0.29) is 11.7 Å². The van der Waals surface area contributed by atoms with Crippen LogP contribution in [0.1, 0.15) is 36.3 Å². The van der Waals surface area contributed by atoms with Crippen LogP contribution >= 0.6 is 0 Å². The minimum atomic E-state index is -0.316. The van der Waals surface area contributed by atoms with Crippen molar-refractivity contribution in [2.24, 2.45) is 5.92 Å². The zero-order valence-electron chi connectivity index (χ0n) is 12.6. The molecule has 1 amide bonds. The number of rotatable bonds is 4. The van der Waals surface area contributed by atoms with Crippen molar-refractivity contribution >= 4 is 17.7 Å². The van der Waals surface area contributed by atoms with Gasteiger partial charge in [0.2, 0.25) is 5.91 Å². The molecule has 1 aromatic carbocycles. The minimum absolute atomic E-state index is 0.271. The summed E-state index contributed by atoms with van der Waals surface area (Å²) in [5, 5.41) is 2.72. The van der Waals surface area contributed by atoms with Crippen LogP contribution in [-0.2, 0) is 4.79 Å². The predicted octanol–water partition coefficient (Wildman–Crippen LogP) is 4.50. The molecule has 1 saturated carbocycles. The molecule has 114 valence electrons. The molecule has 2 unspecified atom stereocenters. The van der Waals surface area contributed by atoms with Gasteiger partial charge in [-0.15, -0.1) is 0 Å². The molecule has 1 aliphatic carbocycles. The number of hydrogen-bond acceptors (Lipinski definition) is 2. The lowest BCUT2D eigenvalue weighted by molar-refractivity contribution is -0.111. The largest absolute Gasteiger partial charge is 0.461 e. The van der Waals surface area contributed by atoms with Gasteiger partial charge in [0, 0.05) is 17.7 Å². The number of nitrogens with one attached hydrogen (secondary N) is 1. The molecule has 22 heavy (non-hydrogen) atoms. The summed E-state index contributed by atoms with van der Waals surface area (Å²) < 4.78 is 18.7. The van der Waals surface area contributed by atoms with Gasteiger partial charge in [-0.2, -0.15) is 0 Å². The third-order valence-electron chi connectivity index (χ3n) is 3.97. The number of hydrogen-bond donors (Lipinski definition) is 1. The van der Waals surface area contributed by atoms with Crippen LogP contribution in [0.5, 0.6) is 0 Å². The first kappa shape index (κ1) is 14.6. The van der Waals surface area contributed by atoms with E-state index in [2.05, 4.69) is 12.2 Å². The molecule has 3 rings (SSSR count). The fourth-order valence-corrected chi connectivity index (χ4v) is 2.48. The molecule has 0 spiro atoms. The highest BCUT2D eigenvalue weighted by atomic mass is 19.1. The summed E-state index contributed by atoms with van der Waals surface area (Å²) in [5.41, 5.74) is 1.28. The molecule has 2 atom stereocenters. The Balaban J connectivity index is 1.62. The van der Waals surface area contributed by atoms with Crippen molar-refractivity contribution in [1.29, 1.82) is 0 Å². The molecule has 1 N–H and O–H groups in total. The first-order valence-corrected chi connectivity index (χ1v) is 7.38. The Hall–Kier alpha value is -2.36. The minimum Gasteiger partial charge on any atom is -0.461 e. The number of anilines is 1. The van der Waals surface area contributed by atoms with Crippen LogP contribution in [-0.4, -0.2) is 5.91 Å². The van der Waals surface area contributed by atoms with Crippen LogP contribution in [0.2, 0.25) is 0 Å². The maximum absolute atomic E-state index is 13.0. The molecule has 0 aliphatic heterocycles. The lowest BCUT2D eigenvalue weighted by Crippen LogP contribution is -2.08. The molecule has 3 nitrogen and oxygen atoms in total. The Kier molecular flexibility index (Phi) is 3.84. The van der Waals surface area contributed by atoms with Crippen molar-refractivity contribution in [3.8, 4) is 0 Å². The highest BCUT2D eigenvalue weighted by molar-refractivity contribution is 6.02. The summed E-state index contributed by atoms with van der Waals surface area (Å²) in [4.78, 5) is 11.9. The van der Waals surface area contributed by atoms with E-state index in [0.717, 1.165) is 5.76 Å². The van der Waals surface area contributed by atoms with Crippen molar-refractivity contribution < 1.29 is 13.6 Å². The molecular formula is C18H18FNO2. The van der Waals surface area contributed by atoms with Gasteiger partial charge in [-0.1, -0.05) is 6.92 Å². The number of aryl methyl sites for hydroxylation is 1. The second kappa shape index (κ2) is 5.79. The van der Waals surface area contributed by atoms with Gasteiger partial charge in [-0.3, -0.25) is 4.79 Å². The summed E-state index contributed by atoms with van der Waals surface area (Å²) >= 11 is 0. The van der Waals surface area contributed by atoms with Crippen LogP contribution in [0, 0.1) is 18.7 Å². The quantitative estimate of drug-likeness (QED) is 0.844. The monoisotopic (exact) mass is 299 g/mol. The first-order chi connectivity index (χ1) is 10.5. The normalized spacial score (nSPS) is 20.3. The lowest BCUT2D eigenvalue weighted by atomic mass is 10.2. The first-order valence-electron chi connectivity index (χ1n) is 7.38. The number of carbonyl (C=O) groups is 1. The average molecular weight is 299 g/mol. The zero-order chi connectivity index (χ0) is 15.7. The second-order valence-electron chi connectivity index (χ2n) is 5.84. The SMILES string of the molecule is Cc1cc(F)ccc1NC(=O)/C=C/c1ccc(C2CC2C)o1. The Morgan fingerprint density at radius 2 is 2.14 bits per heavy atom. The molecular weight excluding hydrogens is 281 g/mol. The predicted molar refractivity (Wildman–Crippen MR) is 84.0 cm³/mol. The van der Waals surface area contributed by atoms with Gasteiger partial charge >= 0.3 is 0 Å². The Labute approximate surface area is 128 Å². The lowest BCUT2D eigenvalue weighted by Gasteiger charge is -2.05. The van der Waals surface area contributed by atoms with E-state index in [4.69, 9.17) is 4.42 Å². The van der Waals surface area contributed by atoms with Gasteiger partial charge in [0.25, 0.3) is 0 Å². The molecule has 1 aromatic heterocycles. The topological polar surface area (TPSA) is 42.2 Å². The van der Waals surface area contributed by atoms with Gasteiger partial charge < -0.3 is 9.73 Å². The van der Waals surface area contributed by atoms with Gasteiger partial charge in [-0.05, 0) is 61.2 Å². The fraction of sp³-hybridized carbons (Fsp3) is 0.278. The molecule has 1 aliphatic rings. The average Bonchev–Trinajstić information content (AvgIpc) is 3.01. The van der Waals surface area contributed by atoms with Crippen LogP contribution < -0.4 is 5.32 Å². The van der Waals surface area contributed by atoms with Gasteiger partial charge in [0.15, 0.2) is 0 Å². The zero-order valence-corrected chi connectivity index (χ0v) is 12.6. The maximum Gasteiger partial charge on any atom is 0.248 e. The number of halogens is 1. The maximum atomic E-state index is 13.0. The number of amides is 1. The molecule has 0 bridgehead atoms. The van der Waals surface area contributed by atoms with Crippen molar-refractivity contribution in [3.63, 3.8) is 0 Å². The van der Waals surface area contributed by atoms with Crippen LogP contribution in [0.25, 0.3) is 6.08 Å². The molecule has 1 fully saturated rings. The smallest absolute Gasteiger partial charge is 0.248 e. The summed E-state index contributed by atoms with van der Waals surface area (Å²) in [6, 6.07) is 8.09. The Bertz CT molecular complexity index is 732. The van der Waals surface area contributed by atoms with Crippen molar-refractivity contribution in [1.82, 2.24) is 0 Å². The molecule has 0 saturated heterocycles. The van der Waals surface area contributed by atoms with Gasteiger partial charge in [0.1, 0.15) is 17.3 Å². The van der Waals surface area contributed by atoms with Crippen molar-refractivity contribution in [2.75, 3.05) is 5.32 Å². The second-order valence-corrected chi connectivity index (χ2v) is 5.84. The Morgan fingerprint density at radius 3 is 2.82 bits per heavy atom. The number of benzene rings is 1. The Morgan fingerprint density at radius 1 is 1.36 bits per heavy atom. The summed E-state index contributed by atoms with van der Waals surface area (Å²) in [6.07, 6.45) is 4.23. The van der Waals surface area contributed by atoms with E-state index < -0.39 is 0 Å². The molecule has 0 radical (unpaired) electrons. The molecule has 1 heterocycles. The van der Waals surface area contributed by atoms with E-state index in [1.807, 2.05) is 12.1 Å². The van der Waals surface area contributed by atoms with Crippen LogP contribution in [0.3, 0.4) is 0 Å². The fourth-order valence-electron chi connectivity index (χ4n) is 2.48. The summed E-state index contributed by atoms with van der Waals surface area (Å²) in [7, 11) is 0. The summed E-state index contributed by atoms with van der Waals surface area (Å²) in [5.74, 6) is 2.28. The number of carbonyl (C=O) groups excluding carboxylic acids is 1.